The maximum absolute atomic E-state index is 5.90. The van der Waals surface area contributed by atoms with Crippen molar-refractivity contribution < 1.29 is 9.47 Å². The molecule has 2 aromatic rings. The second kappa shape index (κ2) is 11.4. The fourth-order valence-corrected chi connectivity index (χ4v) is 3.21. The number of fused-ring (bicyclic) bond motifs is 1. The van der Waals surface area contributed by atoms with Crippen molar-refractivity contribution in [3.8, 4) is 11.5 Å². The highest BCUT2D eigenvalue weighted by Crippen LogP contribution is 2.35. The average Bonchev–Trinajstić information content (AvgIpc) is 3.04. The molecule has 2 N–H and O–H groups in total. The standard InChI is InChI=1S/C21H27ClN4O2.HI/c1-4-23-21(25-12-15-6-7-20(22)24-11-15)26-13-17-10-19-16(8-14(3)28-19)9-18(17)27-5-2;/h6-7,9-11,14H,4-5,8,12-13H2,1-3H3,(H2,23,25,26);1H. The van der Waals surface area contributed by atoms with E-state index in [-0.39, 0.29) is 30.1 Å². The van der Waals surface area contributed by atoms with Gasteiger partial charge in [0.2, 0.25) is 0 Å². The molecule has 1 aliphatic rings. The number of benzene rings is 1. The molecule has 1 aromatic heterocycles. The Morgan fingerprint density at radius 3 is 2.83 bits per heavy atom. The fraction of sp³-hybridized carbons (Fsp3) is 0.429. The van der Waals surface area contributed by atoms with Crippen LogP contribution in [0.3, 0.4) is 0 Å². The molecule has 1 unspecified atom stereocenters. The lowest BCUT2D eigenvalue weighted by atomic mass is 10.1. The lowest BCUT2D eigenvalue weighted by Crippen LogP contribution is -2.36. The van der Waals surface area contributed by atoms with E-state index in [0.29, 0.717) is 24.8 Å². The second-order valence-corrected chi connectivity index (χ2v) is 7.06. The van der Waals surface area contributed by atoms with Crippen molar-refractivity contribution in [3.63, 3.8) is 0 Å². The minimum Gasteiger partial charge on any atom is -0.494 e. The number of nitrogens with one attached hydrogen (secondary N) is 2. The van der Waals surface area contributed by atoms with Gasteiger partial charge in [-0.1, -0.05) is 17.7 Å². The highest BCUT2D eigenvalue weighted by Gasteiger charge is 2.21. The van der Waals surface area contributed by atoms with E-state index in [1.165, 1.54) is 5.56 Å². The monoisotopic (exact) mass is 530 g/mol. The van der Waals surface area contributed by atoms with Crippen molar-refractivity contribution in [2.75, 3.05) is 13.2 Å². The van der Waals surface area contributed by atoms with E-state index in [4.69, 9.17) is 21.1 Å². The molecule has 1 atom stereocenters. The Morgan fingerprint density at radius 2 is 2.14 bits per heavy atom. The Bertz CT molecular complexity index is 830. The van der Waals surface area contributed by atoms with Gasteiger partial charge in [0.15, 0.2) is 5.96 Å². The van der Waals surface area contributed by atoms with E-state index in [1.54, 1.807) is 12.3 Å². The third-order valence-electron chi connectivity index (χ3n) is 4.38. The number of hydrogen-bond donors (Lipinski definition) is 2. The quantitative estimate of drug-likeness (QED) is 0.241. The van der Waals surface area contributed by atoms with Gasteiger partial charge in [-0.05, 0) is 44.5 Å². The zero-order valence-corrected chi connectivity index (χ0v) is 20.1. The van der Waals surface area contributed by atoms with Gasteiger partial charge in [0.25, 0.3) is 0 Å². The number of hydrogen-bond acceptors (Lipinski definition) is 4. The maximum atomic E-state index is 5.90. The normalized spacial score (nSPS) is 15.2. The molecule has 158 valence electrons. The van der Waals surface area contributed by atoms with Crippen molar-refractivity contribution in [3.05, 3.63) is 52.3 Å². The first kappa shape index (κ1) is 23.5. The van der Waals surface area contributed by atoms with Crippen molar-refractivity contribution in [2.24, 2.45) is 4.99 Å². The van der Waals surface area contributed by atoms with Crippen molar-refractivity contribution >= 4 is 41.5 Å². The molecule has 0 bridgehead atoms. The van der Waals surface area contributed by atoms with E-state index in [2.05, 4.69) is 39.7 Å². The minimum atomic E-state index is 0. The summed E-state index contributed by atoms with van der Waals surface area (Å²) in [6.07, 6.45) is 2.86. The largest absolute Gasteiger partial charge is 0.494 e. The van der Waals surface area contributed by atoms with Gasteiger partial charge in [0.1, 0.15) is 22.8 Å². The molecular formula is C21H28ClIN4O2. The van der Waals surface area contributed by atoms with Crippen molar-refractivity contribution in [2.45, 2.75) is 46.4 Å². The van der Waals surface area contributed by atoms with Crippen LogP contribution in [0.5, 0.6) is 11.5 Å². The molecule has 0 aliphatic carbocycles. The third kappa shape index (κ3) is 6.64. The van der Waals surface area contributed by atoms with Gasteiger partial charge in [-0.15, -0.1) is 24.0 Å². The molecule has 0 saturated heterocycles. The van der Waals surface area contributed by atoms with Crippen molar-refractivity contribution in [1.29, 1.82) is 0 Å². The zero-order chi connectivity index (χ0) is 19.9. The molecule has 0 amide bonds. The van der Waals surface area contributed by atoms with Crippen LogP contribution in [0.25, 0.3) is 0 Å². The Kier molecular flexibility index (Phi) is 9.29. The predicted molar refractivity (Wildman–Crippen MR) is 128 cm³/mol. The van der Waals surface area contributed by atoms with E-state index in [1.807, 2.05) is 19.9 Å². The summed E-state index contributed by atoms with van der Waals surface area (Å²) >= 11 is 5.84. The molecule has 0 radical (unpaired) electrons. The van der Waals surface area contributed by atoms with E-state index in [9.17, 15) is 0 Å². The number of rotatable bonds is 7. The first-order valence-electron chi connectivity index (χ1n) is 9.66. The molecule has 0 spiro atoms. The zero-order valence-electron chi connectivity index (χ0n) is 17.0. The van der Waals surface area contributed by atoms with Crippen LogP contribution in [0.15, 0.2) is 35.5 Å². The Morgan fingerprint density at radius 1 is 1.31 bits per heavy atom. The number of guanidine groups is 1. The average molecular weight is 531 g/mol. The SMILES string of the molecule is CCNC(=NCc1ccc(Cl)nc1)NCc1cc2c(cc1OCC)CC(C)O2.I. The molecule has 0 fully saturated rings. The number of nitrogens with zero attached hydrogens (tertiary/aromatic N) is 2. The van der Waals surface area contributed by atoms with Crippen LogP contribution in [0.1, 0.15) is 37.5 Å². The lowest BCUT2D eigenvalue weighted by molar-refractivity contribution is 0.254. The van der Waals surface area contributed by atoms with Crippen LogP contribution in [0.2, 0.25) is 5.15 Å². The predicted octanol–water partition coefficient (Wildman–Crippen LogP) is 4.33. The highest BCUT2D eigenvalue weighted by atomic mass is 127. The molecule has 8 heteroatoms. The van der Waals surface area contributed by atoms with Gasteiger partial charge >= 0.3 is 0 Å². The summed E-state index contributed by atoms with van der Waals surface area (Å²) in [5.74, 6) is 2.57. The van der Waals surface area contributed by atoms with Crippen LogP contribution >= 0.6 is 35.6 Å². The van der Waals surface area contributed by atoms with Gasteiger partial charge in [0, 0.05) is 36.8 Å². The Hall–Kier alpha value is -1.74. The number of aliphatic imine (C=N–C) groups is 1. The molecule has 2 heterocycles. The summed E-state index contributed by atoms with van der Waals surface area (Å²) in [4.78, 5) is 8.72. The van der Waals surface area contributed by atoms with E-state index in [0.717, 1.165) is 41.6 Å². The number of ether oxygens (including phenoxy) is 2. The lowest BCUT2D eigenvalue weighted by Gasteiger charge is -2.15. The van der Waals surface area contributed by atoms with Gasteiger partial charge in [-0.2, -0.15) is 0 Å². The highest BCUT2D eigenvalue weighted by molar-refractivity contribution is 14.0. The molecule has 0 saturated carbocycles. The van der Waals surface area contributed by atoms with Gasteiger partial charge in [0.05, 0.1) is 13.2 Å². The molecule has 29 heavy (non-hydrogen) atoms. The summed E-state index contributed by atoms with van der Waals surface area (Å²) in [5, 5.41) is 7.12. The van der Waals surface area contributed by atoms with Crippen LogP contribution < -0.4 is 20.1 Å². The van der Waals surface area contributed by atoms with Gasteiger partial charge in [-0.25, -0.2) is 9.98 Å². The Balaban J connectivity index is 0.00000300. The molecule has 1 aliphatic heterocycles. The smallest absolute Gasteiger partial charge is 0.191 e. The third-order valence-corrected chi connectivity index (χ3v) is 4.60. The van der Waals surface area contributed by atoms with Crippen LogP contribution in [-0.4, -0.2) is 30.2 Å². The van der Waals surface area contributed by atoms with Crippen LogP contribution in [0, 0.1) is 0 Å². The van der Waals surface area contributed by atoms with Crippen molar-refractivity contribution in [1.82, 2.24) is 15.6 Å². The Labute approximate surface area is 194 Å². The van der Waals surface area contributed by atoms with Crippen LogP contribution in [0.4, 0.5) is 0 Å². The van der Waals surface area contributed by atoms with E-state index >= 15 is 0 Å². The number of pyridine rings is 1. The fourth-order valence-electron chi connectivity index (χ4n) is 3.10. The second-order valence-electron chi connectivity index (χ2n) is 6.67. The van der Waals surface area contributed by atoms with E-state index < -0.39 is 0 Å². The summed E-state index contributed by atoms with van der Waals surface area (Å²) in [6.45, 7) is 8.62. The number of halogens is 2. The topological polar surface area (TPSA) is 67.8 Å². The van der Waals surface area contributed by atoms with Gasteiger partial charge in [-0.3, -0.25) is 0 Å². The summed E-state index contributed by atoms with van der Waals surface area (Å²) in [7, 11) is 0. The first-order chi connectivity index (χ1) is 13.6. The first-order valence-corrected chi connectivity index (χ1v) is 10.0. The number of aromatic nitrogens is 1. The molecule has 3 rings (SSSR count). The molecule has 6 nitrogen and oxygen atoms in total. The maximum Gasteiger partial charge on any atom is 0.191 e. The molecule has 1 aromatic carbocycles. The summed E-state index contributed by atoms with van der Waals surface area (Å²) in [5.41, 5.74) is 3.25. The van der Waals surface area contributed by atoms with Gasteiger partial charge < -0.3 is 20.1 Å². The van der Waals surface area contributed by atoms with Crippen LogP contribution in [-0.2, 0) is 19.5 Å². The minimum absolute atomic E-state index is 0. The summed E-state index contributed by atoms with van der Waals surface area (Å²) in [6, 6.07) is 7.87. The molecular weight excluding hydrogens is 503 g/mol. The summed E-state index contributed by atoms with van der Waals surface area (Å²) < 4.78 is 11.8.